The van der Waals surface area contributed by atoms with Crippen molar-refractivity contribution >= 4 is 17.5 Å². The molecule has 0 aromatic heterocycles. The van der Waals surface area contributed by atoms with Crippen molar-refractivity contribution < 1.29 is 16.2 Å². The molecule has 10 heterocycles. The van der Waals surface area contributed by atoms with Crippen LogP contribution in [0.15, 0.2) is 30.3 Å². The Morgan fingerprint density at radius 3 is 2.08 bits per heavy atom. The molecule has 11 rings (SSSR count). The first kappa shape index (κ1) is 9.88. The second-order valence-electron chi connectivity index (χ2n) is 12.2. The van der Waals surface area contributed by atoms with E-state index in [2.05, 4.69) is 0 Å². The Kier molecular flexibility index (Phi) is 0.419. The van der Waals surface area contributed by atoms with Crippen molar-refractivity contribution in [3.05, 3.63) is 46.0 Å². The van der Waals surface area contributed by atoms with E-state index in [0.29, 0.717) is 11.3 Å². The van der Waals surface area contributed by atoms with Gasteiger partial charge in [0.1, 0.15) is 0 Å². The van der Waals surface area contributed by atoms with Crippen LogP contribution < -0.4 is 0 Å². The SMILES string of the molecule is O=C(C=Cc1ccccc1[N+](=O)[O-])[C]12[CH]3[CH]4[CH]5[CH]1[Fe]45321678[CH]2[CH]1[CH]6[CH]7[CH]28. The molecule has 0 bridgehead atoms. The van der Waals surface area contributed by atoms with Crippen molar-refractivity contribution in [2.24, 2.45) is 0 Å². The number of fused-ring (bicyclic) bond motifs is 10. The molecule has 0 amide bonds. The van der Waals surface area contributed by atoms with Gasteiger partial charge in [-0.1, -0.05) is 0 Å². The minimum absolute atomic E-state index is 0.103. The number of carbonyl (C=O) groups is 1. The summed E-state index contributed by atoms with van der Waals surface area (Å²) in [5, 5.41) is 11.2. The zero-order valence-corrected chi connectivity index (χ0v) is 13.8. The van der Waals surface area contributed by atoms with Gasteiger partial charge in [-0.25, -0.2) is 0 Å². The van der Waals surface area contributed by atoms with Gasteiger partial charge in [-0.2, -0.15) is 0 Å². The van der Waals surface area contributed by atoms with Crippen molar-refractivity contribution in [2.75, 3.05) is 0 Å². The van der Waals surface area contributed by atoms with Crippen molar-refractivity contribution in [1.29, 1.82) is 0 Å². The summed E-state index contributed by atoms with van der Waals surface area (Å²) in [6, 6.07) is 6.76. The molecule has 5 heteroatoms. The number of benzene rings is 1. The molecular formula is C19H15FeNO3. The maximum atomic E-state index is 13.4. The van der Waals surface area contributed by atoms with Crippen LogP contribution in [0.1, 0.15) is 5.56 Å². The Bertz CT molecular complexity index is 1360. The molecule has 0 saturated carbocycles. The van der Waals surface area contributed by atoms with Crippen molar-refractivity contribution in [3.63, 3.8) is 0 Å². The molecule has 0 radical (unpaired) electrons. The van der Waals surface area contributed by atoms with Gasteiger partial charge in [0.2, 0.25) is 0 Å². The van der Waals surface area contributed by atoms with Crippen LogP contribution in [-0.4, -0.2) is 10.7 Å². The van der Waals surface area contributed by atoms with E-state index in [-0.39, 0.29) is 14.9 Å². The number of carbonyl (C=O) groups excluding carboxylic acids is 1. The number of nitro groups is 1. The fourth-order valence-corrected chi connectivity index (χ4v) is 91.8. The Balaban J connectivity index is 1.15. The molecule has 10 saturated heterocycles. The average molecular weight is 361 g/mol. The first-order valence-electron chi connectivity index (χ1n) is 9.04. The third-order valence-electron chi connectivity index (χ3n) is 16.6. The van der Waals surface area contributed by atoms with E-state index in [1.165, 1.54) is 6.07 Å². The standard InChI is InChI=1S/C14H10NO3.C5H5.Fe/c16-14(12-6-1-2-7-12)10-9-11-5-3-4-8-13(11)15(17)18;1-2-4-5-3-1;/h1-10H;1-5H;. The maximum absolute atomic E-state index is 13.4. The molecule has 4 atom stereocenters. The van der Waals surface area contributed by atoms with Crippen LogP contribution in [0.4, 0.5) is 5.69 Å². The number of rotatable bonds is 4. The van der Waals surface area contributed by atoms with Crippen LogP contribution in [0.2, 0.25) is 47.7 Å². The van der Waals surface area contributed by atoms with Gasteiger partial charge in [-0.15, -0.1) is 0 Å². The number of allylic oxidation sites excluding steroid dienone is 1. The van der Waals surface area contributed by atoms with Crippen molar-refractivity contribution in [1.82, 2.24) is 0 Å². The summed E-state index contributed by atoms with van der Waals surface area (Å²) in [6.07, 6.45) is 3.51. The number of nitro benzene ring substituents is 1. The van der Waals surface area contributed by atoms with E-state index in [4.69, 9.17) is 0 Å². The van der Waals surface area contributed by atoms with Crippen molar-refractivity contribution in [2.45, 2.75) is 47.7 Å². The second kappa shape index (κ2) is 1.02. The van der Waals surface area contributed by atoms with Crippen LogP contribution in [-0.2, 0) is 11.3 Å². The molecule has 4 unspecified atom stereocenters. The average Bonchev–Trinajstić information content (AvgIpc) is 3.52. The molecule has 24 heavy (non-hydrogen) atoms. The monoisotopic (exact) mass is 361 g/mol. The number of nitrogens with zero attached hydrogens (tertiary/aromatic N) is 1. The second-order valence-corrected chi connectivity index (χ2v) is 35.8. The Hall–Kier alpha value is -1.45. The predicted molar refractivity (Wildman–Crippen MR) is 83.6 cm³/mol. The summed E-state index contributed by atoms with van der Waals surface area (Å²) in [4.78, 5) is 34.1. The molecule has 4 nitrogen and oxygen atoms in total. The molecule has 1 aromatic carbocycles. The van der Waals surface area contributed by atoms with Gasteiger partial charge in [-0.3, -0.25) is 0 Å². The van der Waals surface area contributed by atoms with E-state index >= 15 is 0 Å². The summed E-state index contributed by atoms with van der Waals surface area (Å²) in [5.74, 6) is 0.423. The zero-order chi connectivity index (χ0) is 15.6. The Morgan fingerprint density at radius 1 is 1.04 bits per heavy atom. The normalized spacial score (nSPS) is 87.8. The summed E-state index contributed by atoms with van der Waals surface area (Å²) in [5.41, 5.74) is 0.675. The molecule has 0 aliphatic carbocycles. The number of hydrogen-bond donors (Lipinski definition) is 0. The van der Waals surface area contributed by atoms with Gasteiger partial charge in [0.05, 0.1) is 0 Å². The molecule has 1 aromatic rings. The van der Waals surface area contributed by atoms with Gasteiger partial charge >= 0.3 is 127 Å². The van der Waals surface area contributed by atoms with E-state index in [0.717, 1.165) is 43.3 Å². The number of hydrogen-bond acceptors (Lipinski definition) is 3. The van der Waals surface area contributed by atoms with Gasteiger partial charge in [0.15, 0.2) is 0 Å². The van der Waals surface area contributed by atoms with Gasteiger partial charge in [0, 0.05) is 0 Å². The minimum atomic E-state index is -3.37. The molecule has 10 aliphatic heterocycles. The van der Waals surface area contributed by atoms with Crippen LogP contribution in [0.3, 0.4) is 0 Å². The summed E-state index contributed by atoms with van der Waals surface area (Å²) < 4.78 is 0.221. The van der Waals surface area contributed by atoms with E-state index in [9.17, 15) is 14.9 Å². The van der Waals surface area contributed by atoms with Crippen LogP contribution >= 0.6 is 0 Å². The Labute approximate surface area is 127 Å². The van der Waals surface area contributed by atoms with Gasteiger partial charge < -0.3 is 0 Å². The Morgan fingerprint density at radius 2 is 1.62 bits per heavy atom. The van der Waals surface area contributed by atoms with Gasteiger partial charge in [0.25, 0.3) is 0 Å². The number of ketones is 1. The van der Waals surface area contributed by atoms with Crippen LogP contribution in [0, 0.1) is 10.1 Å². The third kappa shape index (κ3) is 0.139. The van der Waals surface area contributed by atoms with E-state index in [1.807, 2.05) is 6.07 Å². The van der Waals surface area contributed by atoms with Crippen LogP contribution in [0.5, 0.6) is 0 Å². The summed E-state index contributed by atoms with van der Waals surface area (Å²) in [6.45, 7) is -3.37. The van der Waals surface area contributed by atoms with Crippen LogP contribution in [0.25, 0.3) is 6.08 Å². The summed E-state index contributed by atoms with van der Waals surface area (Å²) >= 11 is 0. The molecule has 10 aliphatic rings. The molecule has 0 N–H and O–H groups in total. The fraction of sp³-hybridized carbons (Fsp3) is 0.526. The zero-order valence-electron chi connectivity index (χ0n) is 12.7. The molecule has 10 fully saturated rings. The van der Waals surface area contributed by atoms with E-state index in [1.54, 1.807) is 24.3 Å². The molecule has 1 spiro atoms. The number of para-hydroxylation sites is 1. The molecule has 122 valence electrons. The topological polar surface area (TPSA) is 60.2 Å². The first-order valence-corrected chi connectivity index (χ1v) is 15.3. The van der Waals surface area contributed by atoms with Gasteiger partial charge in [-0.05, 0) is 0 Å². The first-order chi connectivity index (χ1) is 11.4. The van der Waals surface area contributed by atoms with Crippen molar-refractivity contribution in [3.8, 4) is 0 Å². The fourth-order valence-electron chi connectivity index (χ4n) is 17.9. The van der Waals surface area contributed by atoms with E-state index < -0.39 is 6.51 Å². The summed E-state index contributed by atoms with van der Waals surface area (Å²) in [7, 11) is 0. The third-order valence-corrected chi connectivity index (χ3v) is 58.9. The predicted octanol–water partition coefficient (Wildman–Crippen LogP) is 4.94. The molecular weight excluding hydrogens is 346 g/mol. The quantitative estimate of drug-likeness (QED) is 0.330.